The van der Waals surface area contributed by atoms with Crippen LogP contribution in [0.4, 0.5) is 11.6 Å². The highest BCUT2D eigenvalue weighted by molar-refractivity contribution is 9.10. The molecule has 0 amide bonds. The van der Waals surface area contributed by atoms with Crippen molar-refractivity contribution < 1.29 is 4.74 Å². The minimum atomic E-state index is 0.613. The van der Waals surface area contributed by atoms with Crippen molar-refractivity contribution in [3.8, 4) is 0 Å². The molecule has 5 nitrogen and oxygen atoms in total. The lowest BCUT2D eigenvalue weighted by molar-refractivity contribution is 0.0384. The Kier molecular flexibility index (Phi) is 5.37. The Balaban J connectivity index is 1.65. The molecule has 1 aromatic carbocycles. The van der Waals surface area contributed by atoms with Crippen molar-refractivity contribution in [3.63, 3.8) is 0 Å². The molecule has 3 rings (SSSR count). The third-order valence-electron chi connectivity index (χ3n) is 3.69. The van der Waals surface area contributed by atoms with Gasteiger partial charge in [-0.2, -0.15) is 0 Å². The van der Waals surface area contributed by atoms with Crippen LogP contribution in [0.15, 0.2) is 41.1 Å². The summed E-state index contributed by atoms with van der Waals surface area (Å²) in [5.74, 6) is 0.613. The number of anilines is 2. The predicted molar refractivity (Wildman–Crippen MR) is 90.4 cm³/mol. The lowest BCUT2D eigenvalue weighted by Gasteiger charge is -2.26. The van der Waals surface area contributed by atoms with Crippen molar-refractivity contribution in [3.05, 3.63) is 46.7 Å². The van der Waals surface area contributed by atoms with E-state index < -0.39 is 0 Å². The topological polar surface area (TPSA) is 50.3 Å². The molecule has 2 heterocycles. The molecule has 0 bridgehead atoms. The Morgan fingerprint density at radius 3 is 2.64 bits per heavy atom. The summed E-state index contributed by atoms with van der Waals surface area (Å²) >= 11 is 3.35. The fourth-order valence-electron chi connectivity index (χ4n) is 2.46. The molecule has 0 radical (unpaired) electrons. The Morgan fingerprint density at radius 1 is 1.14 bits per heavy atom. The molecule has 1 N–H and O–H groups in total. The van der Waals surface area contributed by atoms with Gasteiger partial charge in [0.15, 0.2) is 0 Å². The predicted octanol–water partition coefficient (Wildman–Crippen LogP) is 2.86. The van der Waals surface area contributed by atoms with Crippen molar-refractivity contribution in [2.75, 3.05) is 38.2 Å². The number of rotatable bonds is 5. The van der Waals surface area contributed by atoms with Gasteiger partial charge in [-0.05, 0) is 34.0 Å². The first-order valence-corrected chi connectivity index (χ1v) is 8.23. The number of aromatic nitrogens is 2. The van der Waals surface area contributed by atoms with Crippen LogP contribution in [0.25, 0.3) is 0 Å². The van der Waals surface area contributed by atoms with Crippen LogP contribution in [-0.2, 0) is 11.2 Å². The molecule has 0 unspecified atom stereocenters. The summed E-state index contributed by atoms with van der Waals surface area (Å²) in [6, 6.07) is 8.32. The Bertz CT molecular complexity index is 599. The number of benzene rings is 1. The van der Waals surface area contributed by atoms with E-state index in [-0.39, 0.29) is 0 Å². The summed E-state index contributed by atoms with van der Waals surface area (Å²) in [5, 5.41) is 3.30. The Morgan fingerprint density at radius 2 is 1.86 bits per heavy atom. The van der Waals surface area contributed by atoms with Gasteiger partial charge in [0.1, 0.15) is 0 Å². The average Bonchev–Trinajstić information content (AvgIpc) is 2.57. The third-order valence-corrected chi connectivity index (χ3v) is 4.09. The molecule has 1 aliphatic rings. The van der Waals surface area contributed by atoms with Gasteiger partial charge < -0.3 is 10.1 Å². The molecule has 1 aromatic heterocycles. The molecule has 1 aliphatic heterocycles. The minimum absolute atomic E-state index is 0.613. The van der Waals surface area contributed by atoms with E-state index >= 15 is 0 Å². The van der Waals surface area contributed by atoms with E-state index in [1.54, 1.807) is 12.4 Å². The third kappa shape index (κ3) is 4.25. The molecule has 0 aliphatic carbocycles. The molecule has 6 heteroatoms. The molecule has 0 atom stereocenters. The van der Waals surface area contributed by atoms with E-state index in [0.29, 0.717) is 5.95 Å². The molecule has 1 saturated heterocycles. The smallest absolute Gasteiger partial charge is 0.227 e. The number of morpholine rings is 1. The summed E-state index contributed by atoms with van der Waals surface area (Å²) < 4.78 is 6.26. The van der Waals surface area contributed by atoms with Crippen molar-refractivity contribution in [1.29, 1.82) is 0 Å². The van der Waals surface area contributed by atoms with E-state index in [2.05, 4.69) is 54.3 Å². The van der Waals surface area contributed by atoms with Crippen molar-refractivity contribution in [2.24, 2.45) is 0 Å². The van der Waals surface area contributed by atoms with Gasteiger partial charge in [0.2, 0.25) is 5.95 Å². The fourth-order valence-corrected chi connectivity index (χ4v) is 2.67. The van der Waals surface area contributed by atoms with Crippen LogP contribution in [0.5, 0.6) is 0 Å². The molecule has 0 spiro atoms. The number of hydrogen-bond donors (Lipinski definition) is 1. The second-order valence-corrected chi connectivity index (χ2v) is 6.13. The van der Waals surface area contributed by atoms with Crippen LogP contribution in [0, 0.1) is 0 Å². The van der Waals surface area contributed by atoms with Crippen molar-refractivity contribution in [1.82, 2.24) is 14.9 Å². The normalized spacial score (nSPS) is 15.7. The van der Waals surface area contributed by atoms with Crippen LogP contribution >= 0.6 is 15.9 Å². The van der Waals surface area contributed by atoms with Gasteiger partial charge in [-0.25, -0.2) is 9.97 Å². The largest absolute Gasteiger partial charge is 0.379 e. The highest BCUT2D eigenvalue weighted by Crippen LogP contribution is 2.20. The van der Waals surface area contributed by atoms with Crippen molar-refractivity contribution in [2.45, 2.75) is 6.42 Å². The van der Waals surface area contributed by atoms with Gasteiger partial charge in [0, 0.05) is 37.7 Å². The van der Waals surface area contributed by atoms with Crippen LogP contribution in [-0.4, -0.2) is 47.7 Å². The number of nitrogens with one attached hydrogen (secondary N) is 1. The van der Waals surface area contributed by atoms with Crippen molar-refractivity contribution >= 4 is 27.6 Å². The van der Waals surface area contributed by atoms with Gasteiger partial charge >= 0.3 is 0 Å². The number of nitrogens with zero attached hydrogens (tertiary/aromatic N) is 3. The van der Waals surface area contributed by atoms with Crippen LogP contribution in [0.3, 0.4) is 0 Å². The molecule has 2 aromatic rings. The summed E-state index contributed by atoms with van der Waals surface area (Å²) in [6.07, 6.45) is 4.48. The number of ether oxygens (including phenoxy) is 1. The van der Waals surface area contributed by atoms with Gasteiger partial charge in [0.05, 0.1) is 17.7 Å². The number of para-hydroxylation sites is 1. The van der Waals surface area contributed by atoms with Gasteiger partial charge in [0.25, 0.3) is 0 Å². The van der Waals surface area contributed by atoms with Crippen LogP contribution < -0.4 is 5.32 Å². The first-order valence-electron chi connectivity index (χ1n) is 7.44. The number of halogens is 1. The first kappa shape index (κ1) is 15.4. The molecule has 116 valence electrons. The summed E-state index contributed by atoms with van der Waals surface area (Å²) in [6.45, 7) is 4.76. The second-order valence-electron chi connectivity index (χ2n) is 5.21. The summed E-state index contributed by atoms with van der Waals surface area (Å²) in [7, 11) is 0. The average molecular weight is 363 g/mol. The van der Waals surface area contributed by atoms with Gasteiger partial charge in [-0.3, -0.25) is 4.90 Å². The molecule has 1 fully saturated rings. The molecule has 0 saturated carbocycles. The summed E-state index contributed by atoms with van der Waals surface area (Å²) in [5.41, 5.74) is 2.35. The zero-order valence-electron chi connectivity index (χ0n) is 12.3. The van der Waals surface area contributed by atoms with E-state index in [0.717, 1.165) is 49.4 Å². The zero-order valence-corrected chi connectivity index (χ0v) is 13.9. The van der Waals surface area contributed by atoms with E-state index in [1.165, 1.54) is 5.56 Å². The van der Waals surface area contributed by atoms with E-state index in [9.17, 15) is 0 Å². The minimum Gasteiger partial charge on any atom is -0.379 e. The molecular weight excluding hydrogens is 344 g/mol. The lowest BCUT2D eigenvalue weighted by atomic mass is 10.1. The monoisotopic (exact) mass is 362 g/mol. The van der Waals surface area contributed by atoms with E-state index in [4.69, 9.17) is 4.74 Å². The molecular formula is C16H19BrN4O. The second kappa shape index (κ2) is 7.67. The number of hydrogen-bond acceptors (Lipinski definition) is 5. The lowest BCUT2D eigenvalue weighted by Crippen LogP contribution is -2.37. The Hall–Kier alpha value is -1.50. The SMILES string of the molecule is Brc1cnc(Nc2ccccc2CCN2CCOCC2)nc1. The highest BCUT2D eigenvalue weighted by Gasteiger charge is 2.11. The zero-order chi connectivity index (χ0) is 15.2. The van der Waals surface area contributed by atoms with Gasteiger partial charge in [-0.1, -0.05) is 18.2 Å². The maximum absolute atomic E-state index is 5.39. The molecule has 22 heavy (non-hydrogen) atoms. The maximum atomic E-state index is 5.39. The Labute approximate surface area is 138 Å². The standard InChI is InChI=1S/C16H19BrN4O/c17-14-11-18-16(19-12-14)20-15-4-2-1-3-13(15)5-6-21-7-9-22-10-8-21/h1-4,11-12H,5-10H2,(H,18,19,20). The highest BCUT2D eigenvalue weighted by atomic mass is 79.9. The van der Waals surface area contributed by atoms with Crippen LogP contribution in [0.1, 0.15) is 5.56 Å². The van der Waals surface area contributed by atoms with Gasteiger partial charge in [-0.15, -0.1) is 0 Å². The van der Waals surface area contributed by atoms with Crippen LogP contribution in [0.2, 0.25) is 0 Å². The summed E-state index contributed by atoms with van der Waals surface area (Å²) in [4.78, 5) is 11.0. The van der Waals surface area contributed by atoms with E-state index in [1.807, 2.05) is 6.07 Å². The quantitative estimate of drug-likeness (QED) is 0.885. The first-order chi connectivity index (χ1) is 10.8. The maximum Gasteiger partial charge on any atom is 0.227 e. The fraction of sp³-hybridized carbons (Fsp3) is 0.375.